The van der Waals surface area contributed by atoms with E-state index in [9.17, 15) is 5.11 Å². The summed E-state index contributed by atoms with van der Waals surface area (Å²) >= 11 is 7.55. The molecule has 0 fully saturated rings. The largest absolute Gasteiger partial charge is 0.396 e. The normalized spacial score (nSPS) is 12.6. The summed E-state index contributed by atoms with van der Waals surface area (Å²) in [6, 6.07) is 9.97. The number of rotatable bonds is 5. The third-order valence-corrected chi connectivity index (χ3v) is 3.78. The SMILES string of the molecule is OCC(Cc1ccc(Cl)cc1)Cc1ccsc1. The molecule has 1 atom stereocenters. The second-order valence-electron chi connectivity index (χ2n) is 4.21. The molecule has 1 nitrogen and oxygen atoms in total. The summed E-state index contributed by atoms with van der Waals surface area (Å²) in [4.78, 5) is 0. The number of hydrogen-bond acceptors (Lipinski definition) is 2. The minimum atomic E-state index is 0.221. The summed E-state index contributed by atoms with van der Waals surface area (Å²) in [5.41, 5.74) is 2.53. The van der Waals surface area contributed by atoms with E-state index in [0.29, 0.717) is 0 Å². The fraction of sp³-hybridized carbons (Fsp3) is 0.286. The zero-order valence-electron chi connectivity index (χ0n) is 9.47. The van der Waals surface area contributed by atoms with E-state index in [1.807, 2.05) is 24.3 Å². The van der Waals surface area contributed by atoms with Crippen molar-refractivity contribution in [3.05, 3.63) is 57.2 Å². The number of aliphatic hydroxyl groups excluding tert-OH is 1. The molecule has 2 rings (SSSR count). The molecule has 17 heavy (non-hydrogen) atoms. The Morgan fingerprint density at radius 3 is 2.35 bits per heavy atom. The molecule has 90 valence electrons. The molecule has 0 saturated heterocycles. The summed E-state index contributed by atoms with van der Waals surface area (Å²) < 4.78 is 0. The zero-order valence-corrected chi connectivity index (χ0v) is 11.0. The summed E-state index contributed by atoms with van der Waals surface area (Å²) in [5.74, 6) is 0.283. The highest BCUT2D eigenvalue weighted by Gasteiger charge is 2.10. The molecule has 0 aliphatic rings. The van der Waals surface area contributed by atoms with Gasteiger partial charge in [-0.05, 0) is 58.8 Å². The van der Waals surface area contributed by atoms with Crippen molar-refractivity contribution in [2.24, 2.45) is 5.92 Å². The first-order chi connectivity index (χ1) is 8.28. The molecule has 1 heterocycles. The second kappa shape index (κ2) is 6.20. The van der Waals surface area contributed by atoms with Crippen molar-refractivity contribution < 1.29 is 5.11 Å². The van der Waals surface area contributed by atoms with Crippen molar-refractivity contribution >= 4 is 22.9 Å². The average molecular weight is 267 g/mol. The first-order valence-corrected chi connectivity index (χ1v) is 6.96. The highest BCUT2D eigenvalue weighted by molar-refractivity contribution is 7.07. The lowest BCUT2D eigenvalue weighted by molar-refractivity contribution is 0.225. The van der Waals surface area contributed by atoms with Gasteiger partial charge in [-0.1, -0.05) is 23.7 Å². The van der Waals surface area contributed by atoms with Gasteiger partial charge in [0.25, 0.3) is 0 Å². The van der Waals surface area contributed by atoms with E-state index in [4.69, 9.17) is 11.6 Å². The Kier molecular flexibility index (Phi) is 4.60. The molecule has 2 aromatic rings. The summed E-state index contributed by atoms with van der Waals surface area (Å²) in [5, 5.41) is 14.4. The van der Waals surface area contributed by atoms with E-state index in [2.05, 4.69) is 16.8 Å². The predicted octanol–water partition coefficient (Wildman–Crippen LogP) is 3.80. The predicted molar refractivity (Wildman–Crippen MR) is 73.8 cm³/mol. The van der Waals surface area contributed by atoms with Gasteiger partial charge in [-0.3, -0.25) is 0 Å². The molecular weight excluding hydrogens is 252 g/mol. The summed E-state index contributed by atoms with van der Waals surface area (Å²) in [6.07, 6.45) is 1.83. The van der Waals surface area contributed by atoms with Gasteiger partial charge in [0, 0.05) is 11.6 Å². The molecule has 1 aromatic heterocycles. The van der Waals surface area contributed by atoms with Gasteiger partial charge in [0.15, 0.2) is 0 Å². The number of thiophene rings is 1. The van der Waals surface area contributed by atoms with Gasteiger partial charge in [0.05, 0.1) is 0 Å². The number of aliphatic hydroxyl groups is 1. The zero-order chi connectivity index (χ0) is 12.1. The summed E-state index contributed by atoms with van der Waals surface area (Å²) in [6.45, 7) is 0.221. The van der Waals surface area contributed by atoms with Gasteiger partial charge in [-0.25, -0.2) is 0 Å². The van der Waals surface area contributed by atoms with Gasteiger partial charge in [-0.2, -0.15) is 11.3 Å². The van der Waals surface area contributed by atoms with Gasteiger partial charge in [0.2, 0.25) is 0 Å². The summed E-state index contributed by atoms with van der Waals surface area (Å²) in [7, 11) is 0. The van der Waals surface area contributed by atoms with Crippen LogP contribution in [0.2, 0.25) is 5.02 Å². The van der Waals surface area contributed by atoms with E-state index in [1.54, 1.807) is 11.3 Å². The Bertz CT molecular complexity index is 436. The first-order valence-electron chi connectivity index (χ1n) is 5.64. The number of benzene rings is 1. The van der Waals surface area contributed by atoms with E-state index in [-0.39, 0.29) is 12.5 Å². The molecule has 0 spiro atoms. The standard InChI is InChI=1S/C14H15ClOS/c15-14-3-1-11(2-4-14)7-13(9-16)8-12-5-6-17-10-12/h1-6,10,13,16H,7-9H2. The van der Waals surface area contributed by atoms with Crippen LogP contribution in [0.3, 0.4) is 0 Å². The number of hydrogen-bond donors (Lipinski definition) is 1. The van der Waals surface area contributed by atoms with Gasteiger partial charge in [0.1, 0.15) is 0 Å². The molecular formula is C14H15ClOS. The van der Waals surface area contributed by atoms with Crippen molar-refractivity contribution in [1.29, 1.82) is 0 Å². The Hall–Kier alpha value is -0.830. The van der Waals surface area contributed by atoms with Gasteiger partial charge in [-0.15, -0.1) is 0 Å². The lowest BCUT2D eigenvalue weighted by Gasteiger charge is -2.13. The third kappa shape index (κ3) is 3.84. The molecule has 3 heteroatoms. The maximum atomic E-state index is 9.42. The van der Waals surface area contributed by atoms with Crippen LogP contribution < -0.4 is 0 Å². The molecule has 0 bridgehead atoms. The lowest BCUT2D eigenvalue weighted by atomic mass is 9.94. The molecule has 0 aliphatic heterocycles. The van der Waals surface area contributed by atoms with Crippen molar-refractivity contribution in [3.8, 4) is 0 Å². The fourth-order valence-electron chi connectivity index (χ4n) is 1.90. The minimum Gasteiger partial charge on any atom is -0.396 e. The molecule has 1 N–H and O–H groups in total. The Morgan fingerprint density at radius 2 is 1.76 bits per heavy atom. The quantitative estimate of drug-likeness (QED) is 0.873. The van der Waals surface area contributed by atoms with E-state index < -0.39 is 0 Å². The van der Waals surface area contributed by atoms with Crippen LogP contribution in [-0.2, 0) is 12.8 Å². The van der Waals surface area contributed by atoms with E-state index in [0.717, 1.165) is 17.9 Å². The van der Waals surface area contributed by atoms with Crippen molar-refractivity contribution in [1.82, 2.24) is 0 Å². The van der Waals surface area contributed by atoms with Crippen LogP contribution in [0.4, 0.5) is 0 Å². The Labute approximate surface area is 111 Å². The Morgan fingerprint density at radius 1 is 1.06 bits per heavy atom. The van der Waals surface area contributed by atoms with E-state index in [1.165, 1.54) is 11.1 Å². The smallest absolute Gasteiger partial charge is 0.0465 e. The minimum absolute atomic E-state index is 0.221. The Balaban J connectivity index is 1.97. The first kappa shape index (κ1) is 12.6. The maximum absolute atomic E-state index is 9.42. The van der Waals surface area contributed by atoms with E-state index >= 15 is 0 Å². The maximum Gasteiger partial charge on any atom is 0.0465 e. The van der Waals surface area contributed by atoms with Crippen LogP contribution in [0.15, 0.2) is 41.1 Å². The van der Waals surface area contributed by atoms with Crippen LogP contribution >= 0.6 is 22.9 Å². The highest BCUT2D eigenvalue weighted by atomic mass is 35.5. The van der Waals surface area contributed by atoms with Crippen LogP contribution in [0.25, 0.3) is 0 Å². The third-order valence-electron chi connectivity index (χ3n) is 2.80. The molecule has 0 saturated carbocycles. The van der Waals surface area contributed by atoms with Crippen molar-refractivity contribution in [2.75, 3.05) is 6.61 Å². The van der Waals surface area contributed by atoms with Gasteiger partial charge >= 0.3 is 0 Å². The molecule has 1 unspecified atom stereocenters. The lowest BCUT2D eigenvalue weighted by Crippen LogP contribution is -2.12. The van der Waals surface area contributed by atoms with Gasteiger partial charge < -0.3 is 5.11 Å². The van der Waals surface area contributed by atoms with Crippen molar-refractivity contribution in [2.45, 2.75) is 12.8 Å². The monoisotopic (exact) mass is 266 g/mol. The van der Waals surface area contributed by atoms with Crippen LogP contribution in [-0.4, -0.2) is 11.7 Å². The molecule has 0 aliphatic carbocycles. The van der Waals surface area contributed by atoms with Crippen LogP contribution in [0.5, 0.6) is 0 Å². The molecule has 1 aromatic carbocycles. The second-order valence-corrected chi connectivity index (χ2v) is 5.43. The molecule has 0 radical (unpaired) electrons. The fourth-order valence-corrected chi connectivity index (χ4v) is 2.70. The van der Waals surface area contributed by atoms with Crippen molar-refractivity contribution in [3.63, 3.8) is 0 Å². The average Bonchev–Trinajstić information content (AvgIpc) is 2.84. The highest BCUT2D eigenvalue weighted by Crippen LogP contribution is 2.18. The van der Waals surface area contributed by atoms with Crippen LogP contribution in [0, 0.1) is 5.92 Å². The number of halogens is 1. The topological polar surface area (TPSA) is 20.2 Å². The molecule has 0 amide bonds. The van der Waals surface area contributed by atoms with Crippen LogP contribution in [0.1, 0.15) is 11.1 Å².